The van der Waals surface area contributed by atoms with Crippen LogP contribution >= 0.6 is 0 Å². The van der Waals surface area contributed by atoms with Crippen LogP contribution < -0.4 is 4.57 Å². The number of pyridine rings is 1. The van der Waals surface area contributed by atoms with Crippen LogP contribution in [0.2, 0.25) is 0 Å². The molecule has 0 atom stereocenters. The Morgan fingerprint density at radius 3 is 2.31 bits per heavy atom. The van der Waals surface area contributed by atoms with Crippen molar-refractivity contribution in [3.63, 3.8) is 0 Å². The largest absolute Gasteiger partial charge is 0.512 e. The van der Waals surface area contributed by atoms with Crippen LogP contribution in [0.1, 0.15) is 49.9 Å². The number of aromatic nitrogens is 1. The molecule has 32 heavy (non-hydrogen) atoms. The summed E-state index contributed by atoms with van der Waals surface area (Å²) in [5.74, 6) is 0.576. The van der Waals surface area contributed by atoms with Crippen LogP contribution in [0.4, 0.5) is 0 Å². The summed E-state index contributed by atoms with van der Waals surface area (Å²) in [6.45, 7) is 15.9. The summed E-state index contributed by atoms with van der Waals surface area (Å²) in [6, 6.07) is 15.3. The summed E-state index contributed by atoms with van der Waals surface area (Å²) in [6.07, 6.45) is 2.25. The molecule has 0 aliphatic heterocycles. The molecular formula is C28H34IrNO2-. The van der Waals surface area contributed by atoms with Crippen LogP contribution in [-0.4, -0.2) is 10.9 Å². The van der Waals surface area contributed by atoms with Crippen molar-refractivity contribution in [3.8, 4) is 11.3 Å². The van der Waals surface area contributed by atoms with Gasteiger partial charge in [-0.3, -0.25) is 4.79 Å². The minimum Gasteiger partial charge on any atom is -0.512 e. The zero-order chi connectivity index (χ0) is 23.3. The van der Waals surface area contributed by atoms with Crippen LogP contribution in [0.15, 0.2) is 54.3 Å². The SMILES string of the molecule is CC(=O)/C=C(/C)O.[CH2-]c1c(C)cc(C)cc1-c1ccc2c(CC(C)C)cccc2[n+]1[CH2-].[Ir]. The molecule has 1 N–H and O–H groups in total. The monoisotopic (exact) mass is 609 g/mol. The predicted molar refractivity (Wildman–Crippen MR) is 130 cm³/mol. The third-order valence-electron chi connectivity index (χ3n) is 5.10. The zero-order valence-electron chi connectivity index (χ0n) is 20.0. The molecule has 0 saturated heterocycles. The average Bonchev–Trinajstić information content (AvgIpc) is 2.65. The van der Waals surface area contributed by atoms with Gasteiger partial charge in [-0.25, -0.2) is 0 Å². The second-order valence-corrected chi connectivity index (χ2v) is 8.60. The van der Waals surface area contributed by atoms with E-state index in [0.717, 1.165) is 17.7 Å². The number of rotatable bonds is 4. The fraction of sp³-hybridized carbons (Fsp3) is 0.286. The summed E-state index contributed by atoms with van der Waals surface area (Å²) in [4.78, 5) is 10.0. The van der Waals surface area contributed by atoms with E-state index in [0.29, 0.717) is 5.92 Å². The number of hydrogen-bond acceptors (Lipinski definition) is 2. The van der Waals surface area contributed by atoms with Gasteiger partial charge in [0.25, 0.3) is 0 Å². The predicted octanol–water partition coefficient (Wildman–Crippen LogP) is 6.47. The molecule has 1 aromatic heterocycles. The molecule has 0 aliphatic carbocycles. The quantitative estimate of drug-likeness (QED) is 0.160. The topological polar surface area (TPSA) is 41.2 Å². The number of benzene rings is 2. The third-order valence-corrected chi connectivity index (χ3v) is 5.10. The van der Waals surface area contributed by atoms with Gasteiger partial charge >= 0.3 is 0 Å². The van der Waals surface area contributed by atoms with Crippen molar-refractivity contribution in [1.29, 1.82) is 0 Å². The molecule has 0 spiro atoms. The van der Waals surface area contributed by atoms with E-state index in [2.05, 4.69) is 88.7 Å². The van der Waals surface area contributed by atoms with E-state index in [9.17, 15) is 4.79 Å². The van der Waals surface area contributed by atoms with Crippen LogP contribution in [0.3, 0.4) is 0 Å². The molecule has 2 aromatic carbocycles. The van der Waals surface area contributed by atoms with Crippen LogP contribution in [-0.2, 0) is 31.3 Å². The number of nitrogens with zero attached hydrogens (tertiary/aromatic N) is 1. The minimum atomic E-state index is -0.125. The molecule has 0 fully saturated rings. The fourth-order valence-corrected chi connectivity index (χ4v) is 3.78. The van der Waals surface area contributed by atoms with E-state index in [1.54, 1.807) is 0 Å². The van der Waals surface area contributed by atoms with Crippen molar-refractivity contribution < 1.29 is 34.6 Å². The number of allylic oxidation sites excluding steroid dienone is 2. The van der Waals surface area contributed by atoms with E-state index in [1.165, 1.54) is 53.1 Å². The molecule has 1 heterocycles. The van der Waals surface area contributed by atoms with E-state index >= 15 is 0 Å². The Kier molecular flexibility index (Phi) is 10.2. The maximum atomic E-state index is 10.0. The molecule has 3 rings (SSSR count). The van der Waals surface area contributed by atoms with Crippen LogP contribution in [0.5, 0.6) is 0 Å². The summed E-state index contributed by atoms with van der Waals surface area (Å²) in [7, 11) is 4.33. The Labute approximate surface area is 206 Å². The second-order valence-electron chi connectivity index (χ2n) is 8.60. The Morgan fingerprint density at radius 2 is 1.78 bits per heavy atom. The first-order chi connectivity index (χ1) is 14.5. The fourth-order valence-electron chi connectivity index (χ4n) is 3.78. The van der Waals surface area contributed by atoms with Gasteiger partial charge < -0.3 is 9.67 Å². The van der Waals surface area contributed by atoms with Crippen molar-refractivity contribution in [2.75, 3.05) is 0 Å². The van der Waals surface area contributed by atoms with E-state index in [1.807, 2.05) is 0 Å². The van der Waals surface area contributed by atoms with Gasteiger partial charge in [0.1, 0.15) is 5.52 Å². The molecule has 3 aromatic rings. The molecule has 0 saturated carbocycles. The number of aliphatic hydroxyl groups is 1. The van der Waals surface area contributed by atoms with Crippen molar-refractivity contribution >= 4 is 16.7 Å². The number of aryl methyl sites for hydroxylation is 2. The maximum absolute atomic E-state index is 10.0. The average molecular weight is 609 g/mol. The number of carbonyl (C=O) groups is 1. The Morgan fingerprint density at radius 1 is 1.12 bits per heavy atom. The van der Waals surface area contributed by atoms with Crippen molar-refractivity contribution in [2.24, 2.45) is 5.92 Å². The number of carbonyl (C=O) groups excluding carboxylic acids is 1. The first kappa shape index (κ1) is 27.5. The van der Waals surface area contributed by atoms with Crippen LogP contribution in [0.25, 0.3) is 22.2 Å². The maximum Gasteiger partial charge on any atom is 0.155 e. The van der Waals surface area contributed by atoms with Gasteiger partial charge in [0, 0.05) is 33.2 Å². The van der Waals surface area contributed by atoms with E-state index in [4.69, 9.17) is 5.11 Å². The van der Waals surface area contributed by atoms with Crippen molar-refractivity contribution in [3.05, 3.63) is 90.5 Å². The van der Waals surface area contributed by atoms with Gasteiger partial charge in [-0.05, 0) is 50.1 Å². The number of ketones is 1. The minimum absolute atomic E-state index is 0. The van der Waals surface area contributed by atoms with Crippen LogP contribution in [0, 0.1) is 33.7 Å². The Hall–Kier alpha value is -2.55. The number of fused-ring (bicyclic) bond motifs is 1. The van der Waals surface area contributed by atoms with E-state index < -0.39 is 0 Å². The summed E-state index contributed by atoms with van der Waals surface area (Å²) < 4.78 is 2.06. The van der Waals surface area contributed by atoms with Crippen molar-refractivity contribution in [1.82, 2.24) is 0 Å². The first-order valence-corrected chi connectivity index (χ1v) is 10.6. The first-order valence-electron chi connectivity index (χ1n) is 10.6. The van der Waals surface area contributed by atoms with Gasteiger partial charge in [0.15, 0.2) is 5.78 Å². The molecule has 3 nitrogen and oxygen atoms in total. The molecular weight excluding hydrogens is 575 g/mol. The van der Waals surface area contributed by atoms with Gasteiger partial charge in [0.05, 0.1) is 11.5 Å². The molecule has 0 unspecified atom stereocenters. The molecule has 4 heteroatoms. The standard InChI is InChI=1S/C23H26N.C5H8O2.Ir/c1-15(2)12-19-8-7-9-22-20(19)10-11-23(24(22)6)21-14-16(3)13-17(4)18(21)5;1-4(6)3-5(2)7;/h7-11,13-15H,5-6,12H2,1-4H3;3,6H,1-2H3;/q-1;;/b;4-3-;. The molecule has 0 bridgehead atoms. The number of hydrogen-bond donors (Lipinski definition) is 1. The Bertz CT molecular complexity index is 1130. The van der Waals surface area contributed by atoms with Gasteiger partial charge in [-0.2, -0.15) is 18.1 Å². The van der Waals surface area contributed by atoms with Crippen molar-refractivity contribution in [2.45, 2.75) is 48.0 Å². The normalized spacial score (nSPS) is 11.0. The third kappa shape index (κ3) is 6.98. The number of aliphatic hydroxyl groups excluding tert-OH is 1. The molecule has 173 valence electrons. The van der Waals surface area contributed by atoms with Gasteiger partial charge in [-0.1, -0.05) is 50.6 Å². The molecule has 0 aliphatic rings. The smallest absolute Gasteiger partial charge is 0.155 e. The second kappa shape index (κ2) is 11.9. The zero-order valence-corrected chi connectivity index (χ0v) is 22.3. The molecule has 0 amide bonds. The summed E-state index contributed by atoms with van der Waals surface area (Å²) in [5.41, 5.74) is 8.39. The Balaban J connectivity index is 0.000000558. The molecule has 1 radical (unpaired) electrons. The van der Waals surface area contributed by atoms with Gasteiger partial charge in [-0.15, -0.1) is 17.7 Å². The van der Waals surface area contributed by atoms with Gasteiger partial charge in [0.2, 0.25) is 0 Å². The summed E-state index contributed by atoms with van der Waals surface area (Å²) in [5, 5.41) is 9.65. The summed E-state index contributed by atoms with van der Waals surface area (Å²) >= 11 is 0. The van der Waals surface area contributed by atoms with E-state index in [-0.39, 0.29) is 31.6 Å².